The highest BCUT2D eigenvalue weighted by atomic mass is 28.4. The third kappa shape index (κ3) is 6.53. The van der Waals surface area contributed by atoms with Crippen molar-refractivity contribution >= 4 is 14.3 Å². The van der Waals surface area contributed by atoms with Crippen LogP contribution < -0.4 is 0 Å². The van der Waals surface area contributed by atoms with Gasteiger partial charge in [-0.15, -0.1) is 0 Å². The Morgan fingerprint density at radius 1 is 1.25 bits per heavy atom. The summed E-state index contributed by atoms with van der Waals surface area (Å²) < 4.78 is 11.8. The molecule has 1 aliphatic rings. The van der Waals surface area contributed by atoms with Crippen molar-refractivity contribution in [2.45, 2.75) is 83.8 Å². The smallest absolute Gasteiger partial charge is 0.313 e. The second-order valence-corrected chi connectivity index (χ2v) is 15.1. The minimum Gasteiger partial charge on any atom is -0.466 e. The largest absolute Gasteiger partial charge is 0.466 e. The van der Waals surface area contributed by atoms with E-state index in [2.05, 4.69) is 79.1 Å². The molecular formula is C25H39N3O3Si. The van der Waals surface area contributed by atoms with E-state index in [1.807, 2.05) is 13.1 Å². The molecule has 2 unspecified atom stereocenters. The predicted molar refractivity (Wildman–Crippen MR) is 130 cm³/mol. The number of imidazole rings is 1. The van der Waals surface area contributed by atoms with Gasteiger partial charge in [0.2, 0.25) is 0 Å². The standard InChI is InChI=1S/C25H39N3O3Si/c1-7-30-24(29)15-23-26-16-20(27-23)13-21-14-22(31-32(5,6)25(2,3)4)18-28(21)17-19-11-9-8-10-12-19/h8-12,16,21-22H,7,13-15,17-18H2,1-6H3,(H,26,27). The molecule has 2 atom stereocenters. The normalized spacial score (nSPS) is 19.9. The first kappa shape index (κ1) is 24.7. The highest BCUT2D eigenvalue weighted by molar-refractivity contribution is 6.74. The van der Waals surface area contributed by atoms with Gasteiger partial charge in [0.05, 0.1) is 12.7 Å². The van der Waals surface area contributed by atoms with Gasteiger partial charge >= 0.3 is 5.97 Å². The van der Waals surface area contributed by atoms with Gasteiger partial charge in [-0.1, -0.05) is 51.1 Å². The zero-order valence-corrected chi connectivity index (χ0v) is 21.5. The van der Waals surface area contributed by atoms with Crippen molar-refractivity contribution in [2.24, 2.45) is 0 Å². The summed E-state index contributed by atoms with van der Waals surface area (Å²) in [5.74, 6) is 0.419. The fourth-order valence-electron chi connectivity index (χ4n) is 4.04. The van der Waals surface area contributed by atoms with Gasteiger partial charge in [-0.25, -0.2) is 4.98 Å². The van der Waals surface area contributed by atoms with Crippen LogP contribution in [0.2, 0.25) is 18.1 Å². The third-order valence-corrected chi connectivity index (χ3v) is 11.3. The molecule has 7 heteroatoms. The maximum Gasteiger partial charge on any atom is 0.313 e. The molecule has 2 aromatic rings. The Kier molecular flexibility index (Phi) is 7.95. The summed E-state index contributed by atoms with van der Waals surface area (Å²) in [4.78, 5) is 22.0. The molecule has 2 heterocycles. The summed E-state index contributed by atoms with van der Waals surface area (Å²) >= 11 is 0. The number of hydrogen-bond donors (Lipinski definition) is 1. The summed E-state index contributed by atoms with van der Waals surface area (Å²) in [7, 11) is -1.83. The van der Waals surface area contributed by atoms with Crippen molar-refractivity contribution in [3.05, 3.63) is 53.6 Å². The second kappa shape index (κ2) is 10.3. The summed E-state index contributed by atoms with van der Waals surface area (Å²) in [5, 5.41) is 0.195. The number of ether oxygens (including phenoxy) is 1. The van der Waals surface area contributed by atoms with Crippen LogP contribution in [0, 0.1) is 0 Å². The monoisotopic (exact) mass is 457 g/mol. The number of nitrogens with zero attached hydrogens (tertiary/aromatic N) is 2. The van der Waals surface area contributed by atoms with Crippen LogP contribution in [0.3, 0.4) is 0 Å². The van der Waals surface area contributed by atoms with Crippen molar-refractivity contribution in [3.8, 4) is 0 Å². The third-order valence-electron chi connectivity index (χ3n) is 6.74. The van der Waals surface area contributed by atoms with Gasteiger partial charge in [0.15, 0.2) is 8.32 Å². The lowest BCUT2D eigenvalue weighted by Crippen LogP contribution is -2.44. The Morgan fingerprint density at radius 2 is 1.97 bits per heavy atom. The van der Waals surface area contributed by atoms with E-state index >= 15 is 0 Å². The first-order valence-electron chi connectivity index (χ1n) is 11.7. The van der Waals surface area contributed by atoms with Crippen LogP contribution >= 0.6 is 0 Å². The zero-order chi connectivity index (χ0) is 23.4. The highest BCUT2D eigenvalue weighted by Gasteiger charge is 2.42. The lowest BCUT2D eigenvalue weighted by molar-refractivity contribution is -0.142. The molecule has 3 rings (SSSR count). The number of aromatic amines is 1. The van der Waals surface area contributed by atoms with Crippen LogP contribution in [-0.4, -0.2) is 54.5 Å². The molecule has 0 aliphatic carbocycles. The molecular weight excluding hydrogens is 418 g/mol. The Morgan fingerprint density at radius 3 is 2.62 bits per heavy atom. The van der Waals surface area contributed by atoms with Crippen molar-refractivity contribution in [2.75, 3.05) is 13.2 Å². The number of H-pyrrole nitrogens is 1. The van der Waals surface area contributed by atoms with Crippen LogP contribution in [0.25, 0.3) is 0 Å². The van der Waals surface area contributed by atoms with Crippen LogP contribution in [0.5, 0.6) is 0 Å². The molecule has 6 nitrogen and oxygen atoms in total. The molecule has 0 saturated carbocycles. The fraction of sp³-hybridized carbons (Fsp3) is 0.600. The van der Waals surface area contributed by atoms with Crippen molar-refractivity contribution in [3.63, 3.8) is 0 Å². The van der Waals surface area contributed by atoms with Crippen molar-refractivity contribution < 1.29 is 14.0 Å². The molecule has 1 N–H and O–H groups in total. The number of benzene rings is 1. The van der Waals surface area contributed by atoms with Gasteiger partial charge in [0, 0.05) is 37.4 Å². The van der Waals surface area contributed by atoms with E-state index in [0.29, 0.717) is 18.5 Å². The van der Waals surface area contributed by atoms with Gasteiger partial charge in [0.25, 0.3) is 0 Å². The Balaban J connectivity index is 1.70. The molecule has 1 aromatic carbocycles. The molecule has 1 aromatic heterocycles. The molecule has 0 bridgehead atoms. The Labute approximate surface area is 193 Å². The Bertz CT molecular complexity index is 876. The van der Waals surface area contributed by atoms with Crippen LogP contribution in [0.1, 0.15) is 51.2 Å². The minimum atomic E-state index is -1.83. The first-order chi connectivity index (χ1) is 15.1. The quantitative estimate of drug-likeness (QED) is 0.436. The van der Waals surface area contributed by atoms with E-state index in [9.17, 15) is 4.79 Å². The lowest BCUT2D eigenvalue weighted by Gasteiger charge is -2.38. The summed E-state index contributed by atoms with van der Waals surface area (Å²) in [6.07, 6.45) is 4.15. The van der Waals surface area contributed by atoms with Gasteiger partial charge in [0.1, 0.15) is 12.2 Å². The second-order valence-electron chi connectivity index (χ2n) is 10.3. The van der Waals surface area contributed by atoms with Gasteiger partial charge in [-0.2, -0.15) is 0 Å². The number of carbonyl (C=O) groups excluding carboxylic acids is 1. The highest BCUT2D eigenvalue weighted by Crippen LogP contribution is 2.39. The van der Waals surface area contributed by atoms with Crippen molar-refractivity contribution in [1.82, 2.24) is 14.9 Å². The summed E-state index contributed by atoms with van der Waals surface area (Å²) in [6.45, 7) is 15.6. The first-order valence-corrected chi connectivity index (χ1v) is 14.6. The SMILES string of the molecule is CCOC(=O)Cc1ncc(CC2CC(O[Si](C)(C)C(C)(C)C)CN2Cc2ccccc2)[nH]1. The minimum absolute atomic E-state index is 0.184. The number of likely N-dealkylation sites (tertiary alicyclic amines) is 1. The number of nitrogens with one attached hydrogen (secondary N) is 1. The summed E-state index contributed by atoms with van der Waals surface area (Å²) in [6, 6.07) is 11.0. The number of carbonyl (C=O) groups is 1. The van der Waals surface area contributed by atoms with E-state index in [4.69, 9.17) is 9.16 Å². The molecule has 0 radical (unpaired) electrons. The van der Waals surface area contributed by atoms with E-state index in [-0.39, 0.29) is 23.5 Å². The number of esters is 1. The molecule has 176 valence electrons. The molecule has 1 aliphatic heterocycles. The molecule has 1 fully saturated rings. The molecule has 0 amide bonds. The van der Waals surface area contributed by atoms with E-state index < -0.39 is 8.32 Å². The van der Waals surface area contributed by atoms with Crippen LogP contribution in [0.4, 0.5) is 0 Å². The number of hydrogen-bond acceptors (Lipinski definition) is 5. The Hall–Kier alpha value is -1.96. The maximum atomic E-state index is 11.8. The average Bonchev–Trinajstić information content (AvgIpc) is 3.28. The average molecular weight is 458 g/mol. The molecule has 1 saturated heterocycles. The van der Waals surface area contributed by atoms with Gasteiger partial charge < -0.3 is 14.1 Å². The zero-order valence-electron chi connectivity index (χ0n) is 20.5. The number of rotatable bonds is 9. The molecule has 32 heavy (non-hydrogen) atoms. The maximum absolute atomic E-state index is 11.8. The lowest BCUT2D eigenvalue weighted by atomic mass is 10.1. The van der Waals surface area contributed by atoms with E-state index in [1.165, 1.54) is 5.56 Å². The van der Waals surface area contributed by atoms with Crippen LogP contribution in [-0.2, 0) is 33.3 Å². The van der Waals surface area contributed by atoms with E-state index in [0.717, 1.165) is 31.6 Å². The van der Waals surface area contributed by atoms with E-state index in [1.54, 1.807) is 0 Å². The van der Waals surface area contributed by atoms with Gasteiger partial charge in [-0.3, -0.25) is 9.69 Å². The summed E-state index contributed by atoms with van der Waals surface area (Å²) in [5.41, 5.74) is 2.37. The topological polar surface area (TPSA) is 67.5 Å². The molecule has 0 spiro atoms. The van der Waals surface area contributed by atoms with Gasteiger partial charge in [-0.05, 0) is 37.0 Å². The van der Waals surface area contributed by atoms with Crippen LogP contribution in [0.15, 0.2) is 36.5 Å². The predicted octanol–water partition coefficient (Wildman–Crippen LogP) is 4.72. The number of aromatic nitrogens is 2. The fourth-order valence-corrected chi connectivity index (χ4v) is 5.40. The van der Waals surface area contributed by atoms with Crippen molar-refractivity contribution in [1.29, 1.82) is 0 Å².